The highest BCUT2D eigenvalue weighted by Crippen LogP contribution is 2.23. The van der Waals surface area contributed by atoms with Crippen LogP contribution < -0.4 is 0 Å². The van der Waals surface area contributed by atoms with E-state index in [0.717, 1.165) is 64.1 Å². The Hall–Kier alpha value is -2.21. The highest BCUT2D eigenvalue weighted by Gasteiger charge is 2.21. The SMILES string of the molecule is O=C(CCc1n[nH]c2c1CCCC2)N1CCCN(Cc2cccnc2)CC1. The molecule has 0 aromatic carbocycles. The lowest BCUT2D eigenvalue weighted by molar-refractivity contribution is -0.131. The predicted molar refractivity (Wildman–Crippen MR) is 104 cm³/mol. The van der Waals surface area contributed by atoms with E-state index in [0.29, 0.717) is 6.42 Å². The Balaban J connectivity index is 1.27. The van der Waals surface area contributed by atoms with Crippen molar-refractivity contribution in [3.05, 3.63) is 47.0 Å². The van der Waals surface area contributed by atoms with E-state index in [1.54, 1.807) is 0 Å². The molecule has 6 heteroatoms. The predicted octanol–water partition coefficient (Wildman–Crippen LogP) is 2.35. The van der Waals surface area contributed by atoms with Crippen LogP contribution in [0.25, 0.3) is 0 Å². The number of nitrogens with one attached hydrogen (secondary N) is 1. The number of H-pyrrole nitrogens is 1. The third-order valence-corrected chi connectivity index (χ3v) is 5.79. The molecule has 27 heavy (non-hydrogen) atoms. The maximum Gasteiger partial charge on any atom is 0.223 e. The summed E-state index contributed by atoms with van der Waals surface area (Å²) in [5.74, 6) is 0.269. The fourth-order valence-corrected chi connectivity index (χ4v) is 4.27. The molecule has 0 unspecified atom stereocenters. The lowest BCUT2D eigenvalue weighted by Crippen LogP contribution is -2.35. The molecule has 2 aromatic rings. The van der Waals surface area contributed by atoms with Gasteiger partial charge in [-0.25, -0.2) is 0 Å². The quantitative estimate of drug-likeness (QED) is 0.881. The Bertz CT molecular complexity index is 757. The van der Waals surface area contributed by atoms with Crippen molar-refractivity contribution in [3.8, 4) is 0 Å². The van der Waals surface area contributed by atoms with Gasteiger partial charge in [-0.05, 0) is 49.3 Å². The Morgan fingerprint density at radius 3 is 2.93 bits per heavy atom. The zero-order chi connectivity index (χ0) is 18.5. The first kappa shape index (κ1) is 18.2. The average Bonchev–Trinajstić information content (AvgIpc) is 2.97. The first-order valence-electron chi connectivity index (χ1n) is 10.2. The number of aromatic nitrogens is 3. The van der Waals surface area contributed by atoms with Gasteiger partial charge in [0.25, 0.3) is 0 Å². The molecule has 3 heterocycles. The lowest BCUT2D eigenvalue weighted by Gasteiger charge is -2.22. The van der Waals surface area contributed by atoms with Crippen LogP contribution in [0.4, 0.5) is 0 Å². The monoisotopic (exact) mass is 367 g/mol. The molecule has 1 saturated heterocycles. The van der Waals surface area contributed by atoms with Crippen LogP contribution in [0.3, 0.4) is 0 Å². The maximum atomic E-state index is 12.7. The summed E-state index contributed by atoms with van der Waals surface area (Å²) in [6.45, 7) is 4.55. The van der Waals surface area contributed by atoms with Gasteiger partial charge in [0.2, 0.25) is 5.91 Å². The molecule has 0 atom stereocenters. The topological polar surface area (TPSA) is 65.1 Å². The van der Waals surface area contributed by atoms with E-state index in [-0.39, 0.29) is 5.91 Å². The molecular weight excluding hydrogens is 338 g/mol. The molecule has 0 radical (unpaired) electrons. The normalized spacial score (nSPS) is 18.1. The summed E-state index contributed by atoms with van der Waals surface area (Å²) in [6.07, 6.45) is 10.8. The van der Waals surface area contributed by atoms with Crippen molar-refractivity contribution < 1.29 is 4.79 Å². The first-order chi connectivity index (χ1) is 13.3. The number of rotatable bonds is 5. The van der Waals surface area contributed by atoms with Crippen LogP contribution in [0.2, 0.25) is 0 Å². The minimum atomic E-state index is 0.269. The van der Waals surface area contributed by atoms with Crippen LogP contribution in [0.1, 0.15) is 48.2 Å². The van der Waals surface area contributed by atoms with Crippen molar-refractivity contribution in [2.45, 2.75) is 51.5 Å². The Labute approximate surface area is 161 Å². The van der Waals surface area contributed by atoms with Crippen LogP contribution in [-0.4, -0.2) is 57.1 Å². The molecule has 0 saturated carbocycles. The number of aromatic amines is 1. The van der Waals surface area contributed by atoms with Gasteiger partial charge in [0.05, 0.1) is 5.69 Å². The number of carbonyl (C=O) groups excluding carboxylic acids is 1. The van der Waals surface area contributed by atoms with Gasteiger partial charge in [-0.15, -0.1) is 0 Å². The second-order valence-corrected chi connectivity index (χ2v) is 7.71. The molecule has 1 fully saturated rings. The third-order valence-electron chi connectivity index (χ3n) is 5.79. The number of amides is 1. The summed E-state index contributed by atoms with van der Waals surface area (Å²) in [5, 5.41) is 7.66. The van der Waals surface area contributed by atoms with E-state index in [1.165, 1.54) is 29.7 Å². The van der Waals surface area contributed by atoms with Crippen LogP contribution in [-0.2, 0) is 30.6 Å². The average molecular weight is 367 g/mol. The molecule has 144 valence electrons. The zero-order valence-corrected chi connectivity index (χ0v) is 16.0. The summed E-state index contributed by atoms with van der Waals surface area (Å²) in [6, 6.07) is 4.10. The molecule has 6 nitrogen and oxygen atoms in total. The van der Waals surface area contributed by atoms with Gasteiger partial charge in [-0.1, -0.05) is 6.07 Å². The van der Waals surface area contributed by atoms with E-state index in [4.69, 9.17) is 0 Å². The molecule has 1 aliphatic heterocycles. The van der Waals surface area contributed by atoms with E-state index in [1.807, 2.05) is 23.4 Å². The number of fused-ring (bicyclic) bond motifs is 1. The Morgan fingerprint density at radius 2 is 2.04 bits per heavy atom. The van der Waals surface area contributed by atoms with Crippen molar-refractivity contribution in [3.63, 3.8) is 0 Å². The van der Waals surface area contributed by atoms with Gasteiger partial charge in [-0.2, -0.15) is 5.10 Å². The Morgan fingerprint density at radius 1 is 1.11 bits per heavy atom. The molecule has 0 bridgehead atoms. The van der Waals surface area contributed by atoms with Crippen LogP contribution in [0, 0.1) is 0 Å². The van der Waals surface area contributed by atoms with Gasteiger partial charge in [0.1, 0.15) is 0 Å². The molecule has 2 aromatic heterocycles. The fraction of sp³-hybridized carbons (Fsp3) is 0.571. The van der Waals surface area contributed by atoms with Crippen molar-refractivity contribution >= 4 is 5.91 Å². The number of nitrogens with zero attached hydrogens (tertiary/aromatic N) is 4. The van der Waals surface area contributed by atoms with E-state index < -0.39 is 0 Å². The maximum absolute atomic E-state index is 12.7. The summed E-state index contributed by atoms with van der Waals surface area (Å²) < 4.78 is 0. The standard InChI is InChI=1S/C21H29N5O/c27-21(9-8-20-18-6-1-2-7-19(18)23-24-20)26-12-4-11-25(13-14-26)16-17-5-3-10-22-15-17/h3,5,10,15H,1-2,4,6-9,11-14,16H2,(H,23,24). The van der Waals surface area contributed by atoms with E-state index in [2.05, 4.69) is 26.1 Å². The smallest absolute Gasteiger partial charge is 0.223 e. The van der Waals surface area contributed by atoms with Crippen LogP contribution in [0.5, 0.6) is 0 Å². The first-order valence-corrected chi connectivity index (χ1v) is 10.2. The van der Waals surface area contributed by atoms with Crippen molar-refractivity contribution in [2.24, 2.45) is 0 Å². The largest absolute Gasteiger partial charge is 0.341 e. The minimum Gasteiger partial charge on any atom is -0.341 e. The highest BCUT2D eigenvalue weighted by molar-refractivity contribution is 5.76. The summed E-state index contributed by atoms with van der Waals surface area (Å²) >= 11 is 0. The molecular formula is C21H29N5O. The second-order valence-electron chi connectivity index (χ2n) is 7.71. The third kappa shape index (κ3) is 4.56. The molecule has 0 spiro atoms. The summed E-state index contributed by atoms with van der Waals surface area (Å²) in [5.41, 5.74) is 5.03. The fourth-order valence-electron chi connectivity index (χ4n) is 4.27. The second kappa shape index (κ2) is 8.65. The number of hydrogen-bond donors (Lipinski definition) is 1. The Kier molecular flexibility index (Phi) is 5.82. The molecule has 4 rings (SSSR count). The van der Waals surface area contributed by atoms with E-state index >= 15 is 0 Å². The summed E-state index contributed by atoms with van der Waals surface area (Å²) in [4.78, 5) is 21.4. The van der Waals surface area contributed by atoms with Gasteiger partial charge < -0.3 is 4.90 Å². The lowest BCUT2D eigenvalue weighted by atomic mass is 9.94. The highest BCUT2D eigenvalue weighted by atomic mass is 16.2. The van der Waals surface area contributed by atoms with Gasteiger partial charge >= 0.3 is 0 Å². The van der Waals surface area contributed by atoms with Crippen molar-refractivity contribution in [1.82, 2.24) is 25.0 Å². The molecule has 2 aliphatic rings. The minimum absolute atomic E-state index is 0.269. The van der Waals surface area contributed by atoms with Gasteiger partial charge in [0, 0.05) is 63.7 Å². The van der Waals surface area contributed by atoms with Gasteiger partial charge in [0.15, 0.2) is 0 Å². The number of pyridine rings is 1. The van der Waals surface area contributed by atoms with Crippen molar-refractivity contribution in [2.75, 3.05) is 26.2 Å². The molecule has 1 aliphatic carbocycles. The van der Waals surface area contributed by atoms with E-state index in [9.17, 15) is 4.79 Å². The van der Waals surface area contributed by atoms with Crippen LogP contribution in [0.15, 0.2) is 24.5 Å². The number of carbonyl (C=O) groups is 1. The number of hydrogen-bond acceptors (Lipinski definition) is 4. The van der Waals surface area contributed by atoms with Crippen molar-refractivity contribution in [1.29, 1.82) is 0 Å². The molecule has 1 N–H and O–H groups in total. The van der Waals surface area contributed by atoms with Gasteiger partial charge in [-0.3, -0.25) is 19.8 Å². The number of aryl methyl sites for hydroxylation is 2. The zero-order valence-electron chi connectivity index (χ0n) is 16.0. The van der Waals surface area contributed by atoms with Crippen LogP contribution >= 0.6 is 0 Å². The molecule has 1 amide bonds. The summed E-state index contributed by atoms with van der Waals surface area (Å²) in [7, 11) is 0.